The molecule has 3 rings (SSSR count). The molecule has 6 heteroatoms. The van der Waals surface area contributed by atoms with Crippen LogP contribution in [0.2, 0.25) is 0 Å². The van der Waals surface area contributed by atoms with Gasteiger partial charge in [0.25, 0.3) is 0 Å². The molecule has 6 nitrogen and oxygen atoms in total. The Balaban J connectivity index is 2.05. The highest BCUT2D eigenvalue weighted by atomic mass is 16.5. The summed E-state index contributed by atoms with van der Waals surface area (Å²) in [5.41, 5.74) is 2.20. The molecule has 0 spiro atoms. The van der Waals surface area contributed by atoms with Crippen LogP contribution in [0.25, 0.3) is 11.0 Å². The van der Waals surface area contributed by atoms with Gasteiger partial charge in [0.05, 0.1) is 17.7 Å². The average Bonchev–Trinajstić information content (AvgIpc) is 2.91. The summed E-state index contributed by atoms with van der Waals surface area (Å²) in [7, 11) is 0. The molecule has 1 amide bonds. The van der Waals surface area contributed by atoms with Gasteiger partial charge >= 0.3 is 6.03 Å². The van der Waals surface area contributed by atoms with Gasteiger partial charge in [-0.3, -0.25) is 4.90 Å². The number of hydrogen-bond donors (Lipinski definition) is 0. The first kappa shape index (κ1) is 12.1. The molecule has 0 bridgehead atoms. The predicted molar refractivity (Wildman–Crippen MR) is 69.8 cm³/mol. The Kier molecular flexibility index (Phi) is 2.56. The van der Waals surface area contributed by atoms with E-state index in [4.69, 9.17) is 4.74 Å². The van der Waals surface area contributed by atoms with Gasteiger partial charge in [-0.05, 0) is 38.5 Å². The lowest BCUT2D eigenvalue weighted by Crippen LogP contribution is -2.46. The Hall–Kier alpha value is -1.95. The summed E-state index contributed by atoms with van der Waals surface area (Å²) in [5.74, 6) is 0. The second kappa shape index (κ2) is 4.03. The molecule has 0 saturated carbocycles. The Morgan fingerprint density at radius 2 is 2.21 bits per heavy atom. The number of rotatable bonds is 0. The van der Waals surface area contributed by atoms with Crippen LogP contribution in [0.15, 0.2) is 18.2 Å². The van der Waals surface area contributed by atoms with Crippen molar-refractivity contribution in [2.24, 2.45) is 0 Å². The van der Waals surface area contributed by atoms with E-state index in [1.165, 1.54) is 4.68 Å². The summed E-state index contributed by atoms with van der Waals surface area (Å²) in [4.78, 5) is 14.2. The highest BCUT2D eigenvalue weighted by molar-refractivity contribution is 5.88. The van der Waals surface area contributed by atoms with Crippen LogP contribution >= 0.6 is 0 Å². The molecule has 0 radical (unpaired) electrons. The van der Waals surface area contributed by atoms with Crippen molar-refractivity contribution >= 4 is 17.1 Å². The van der Waals surface area contributed by atoms with E-state index < -0.39 is 0 Å². The van der Waals surface area contributed by atoms with Gasteiger partial charge in [-0.1, -0.05) is 11.3 Å². The van der Waals surface area contributed by atoms with Crippen molar-refractivity contribution in [1.29, 1.82) is 0 Å². The second-order valence-corrected chi connectivity index (χ2v) is 5.49. The molecule has 100 valence electrons. The number of ether oxygens (including phenoxy) is 1. The van der Waals surface area contributed by atoms with Crippen molar-refractivity contribution in [3.8, 4) is 0 Å². The second-order valence-electron chi connectivity index (χ2n) is 5.49. The largest absolute Gasteiger partial charge is 0.359 e. The highest BCUT2D eigenvalue weighted by Gasteiger charge is 2.38. The van der Waals surface area contributed by atoms with E-state index in [2.05, 4.69) is 10.3 Å². The van der Waals surface area contributed by atoms with E-state index in [1.807, 2.05) is 39.0 Å². The SMILES string of the molecule is Cc1ccc2nnn(C(=O)N3COCC3(C)C)c2c1. The van der Waals surface area contributed by atoms with Crippen LogP contribution in [0, 0.1) is 6.92 Å². The number of aromatic nitrogens is 3. The third kappa shape index (κ3) is 1.88. The number of fused-ring (bicyclic) bond motifs is 1. The quantitative estimate of drug-likeness (QED) is 0.724. The number of aryl methyl sites for hydroxylation is 1. The van der Waals surface area contributed by atoms with Gasteiger partial charge in [0, 0.05) is 0 Å². The van der Waals surface area contributed by atoms with Crippen LogP contribution in [0.4, 0.5) is 4.79 Å². The maximum atomic E-state index is 12.6. The molecule has 1 aromatic carbocycles. The number of benzene rings is 1. The van der Waals surface area contributed by atoms with Crippen molar-refractivity contribution < 1.29 is 9.53 Å². The smallest absolute Gasteiger partial charge is 0.349 e. The van der Waals surface area contributed by atoms with E-state index >= 15 is 0 Å². The minimum absolute atomic E-state index is 0.199. The summed E-state index contributed by atoms with van der Waals surface area (Å²) < 4.78 is 6.72. The maximum Gasteiger partial charge on any atom is 0.349 e. The number of nitrogens with zero attached hydrogens (tertiary/aromatic N) is 4. The van der Waals surface area contributed by atoms with Gasteiger partial charge in [-0.25, -0.2) is 4.79 Å². The monoisotopic (exact) mass is 260 g/mol. The van der Waals surface area contributed by atoms with Gasteiger partial charge in [-0.15, -0.1) is 5.10 Å². The summed E-state index contributed by atoms with van der Waals surface area (Å²) in [5, 5.41) is 7.99. The minimum atomic E-state index is -0.320. The van der Waals surface area contributed by atoms with Crippen molar-refractivity contribution in [1.82, 2.24) is 19.9 Å². The molecule has 1 saturated heterocycles. The van der Waals surface area contributed by atoms with E-state index in [9.17, 15) is 4.79 Å². The third-order valence-corrected chi connectivity index (χ3v) is 3.42. The molecule has 0 atom stereocenters. The van der Waals surface area contributed by atoms with E-state index in [0.29, 0.717) is 13.3 Å². The molecular weight excluding hydrogens is 244 g/mol. The van der Waals surface area contributed by atoms with Crippen molar-refractivity contribution in [2.45, 2.75) is 26.3 Å². The molecule has 2 heterocycles. The van der Waals surface area contributed by atoms with E-state index in [-0.39, 0.29) is 11.6 Å². The van der Waals surface area contributed by atoms with Crippen LogP contribution in [-0.2, 0) is 4.74 Å². The van der Waals surface area contributed by atoms with Gasteiger partial charge < -0.3 is 4.74 Å². The standard InChI is InChI=1S/C13H16N4O2/c1-9-4-5-10-11(6-9)17(15-14-10)12(18)16-8-19-7-13(16,2)3/h4-6H,7-8H2,1-3H3. The van der Waals surface area contributed by atoms with Gasteiger partial charge in [0.2, 0.25) is 0 Å². The summed E-state index contributed by atoms with van der Waals surface area (Å²) in [6.07, 6.45) is 0. The predicted octanol–water partition coefficient (Wildman–Crippen LogP) is 1.78. The molecule has 1 aliphatic heterocycles. The number of carbonyl (C=O) groups excluding carboxylic acids is 1. The number of hydrogen-bond acceptors (Lipinski definition) is 4. The molecule has 0 N–H and O–H groups in total. The van der Waals surface area contributed by atoms with Crippen molar-refractivity contribution in [2.75, 3.05) is 13.3 Å². The van der Waals surface area contributed by atoms with Gasteiger partial charge in [0.1, 0.15) is 12.2 Å². The van der Waals surface area contributed by atoms with E-state index in [1.54, 1.807) is 4.90 Å². The van der Waals surface area contributed by atoms with Crippen LogP contribution in [0.1, 0.15) is 19.4 Å². The normalized spacial score (nSPS) is 18.2. The van der Waals surface area contributed by atoms with Crippen LogP contribution in [0.5, 0.6) is 0 Å². The van der Waals surface area contributed by atoms with Gasteiger partial charge in [-0.2, -0.15) is 4.68 Å². The zero-order chi connectivity index (χ0) is 13.6. The molecule has 1 aliphatic rings. The fraction of sp³-hybridized carbons (Fsp3) is 0.462. The first-order chi connectivity index (χ1) is 8.99. The van der Waals surface area contributed by atoms with E-state index in [0.717, 1.165) is 16.6 Å². The fourth-order valence-corrected chi connectivity index (χ4v) is 2.24. The molecule has 0 aliphatic carbocycles. The van der Waals surface area contributed by atoms with Crippen LogP contribution in [-0.4, -0.2) is 44.8 Å². The Bertz CT molecular complexity index is 647. The fourth-order valence-electron chi connectivity index (χ4n) is 2.24. The Labute approximate surface area is 110 Å². The lowest BCUT2D eigenvalue weighted by molar-refractivity contribution is 0.138. The third-order valence-electron chi connectivity index (χ3n) is 3.42. The zero-order valence-corrected chi connectivity index (χ0v) is 11.3. The summed E-state index contributed by atoms with van der Waals surface area (Å²) in [6.45, 7) is 6.75. The number of carbonyl (C=O) groups is 1. The molecule has 1 aromatic heterocycles. The molecular formula is C13H16N4O2. The van der Waals surface area contributed by atoms with Crippen molar-refractivity contribution in [3.63, 3.8) is 0 Å². The average molecular weight is 260 g/mol. The maximum absolute atomic E-state index is 12.6. The summed E-state index contributed by atoms with van der Waals surface area (Å²) >= 11 is 0. The first-order valence-corrected chi connectivity index (χ1v) is 6.21. The lowest BCUT2D eigenvalue weighted by atomic mass is 10.1. The number of amides is 1. The molecule has 19 heavy (non-hydrogen) atoms. The zero-order valence-electron chi connectivity index (χ0n) is 11.3. The van der Waals surface area contributed by atoms with Gasteiger partial charge in [0.15, 0.2) is 0 Å². The molecule has 0 unspecified atom stereocenters. The minimum Gasteiger partial charge on any atom is -0.359 e. The Morgan fingerprint density at radius 1 is 1.42 bits per heavy atom. The van der Waals surface area contributed by atoms with Crippen LogP contribution in [0.3, 0.4) is 0 Å². The molecule has 2 aromatic rings. The topological polar surface area (TPSA) is 60.2 Å². The summed E-state index contributed by atoms with van der Waals surface area (Å²) in [6, 6.07) is 5.54. The highest BCUT2D eigenvalue weighted by Crippen LogP contribution is 2.23. The van der Waals surface area contributed by atoms with Crippen LogP contribution < -0.4 is 0 Å². The first-order valence-electron chi connectivity index (χ1n) is 6.21. The molecule has 1 fully saturated rings. The Morgan fingerprint density at radius 3 is 2.89 bits per heavy atom. The lowest BCUT2D eigenvalue weighted by Gasteiger charge is -2.28. The van der Waals surface area contributed by atoms with Crippen molar-refractivity contribution in [3.05, 3.63) is 23.8 Å².